The van der Waals surface area contributed by atoms with Crippen LogP contribution in [0.3, 0.4) is 0 Å². The Kier molecular flexibility index (Phi) is 8.19. The first-order chi connectivity index (χ1) is 16.5. The van der Waals surface area contributed by atoms with E-state index in [1.807, 2.05) is 19.1 Å². The molecule has 0 aromatic heterocycles. The molecule has 0 amide bonds. The molecule has 0 spiro atoms. The fourth-order valence-electron chi connectivity index (χ4n) is 4.14. The highest BCUT2D eigenvalue weighted by molar-refractivity contribution is 5.90. The van der Waals surface area contributed by atoms with E-state index in [9.17, 15) is 9.59 Å². The Morgan fingerprint density at radius 1 is 0.794 bits per heavy atom. The van der Waals surface area contributed by atoms with Gasteiger partial charge in [-0.3, -0.25) is 0 Å². The minimum absolute atomic E-state index is 0.193. The van der Waals surface area contributed by atoms with Crippen molar-refractivity contribution in [3.8, 4) is 5.75 Å². The van der Waals surface area contributed by atoms with Crippen molar-refractivity contribution in [2.45, 2.75) is 63.9 Å². The topological polar surface area (TPSA) is 80.3 Å². The lowest BCUT2D eigenvalue weighted by Crippen LogP contribution is -2.36. The van der Waals surface area contributed by atoms with Crippen LogP contribution in [-0.4, -0.2) is 56.2 Å². The van der Waals surface area contributed by atoms with Crippen molar-refractivity contribution in [1.29, 1.82) is 0 Å². The number of unbranched alkanes of at least 4 members (excludes halogenated alkanes) is 3. The first-order valence-corrected chi connectivity index (χ1v) is 12.0. The fourth-order valence-corrected chi connectivity index (χ4v) is 4.14. The lowest BCUT2D eigenvalue weighted by molar-refractivity contribution is -0.0287. The second-order valence-corrected chi connectivity index (χ2v) is 8.78. The number of benzene rings is 2. The third kappa shape index (κ3) is 5.96. The van der Waals surface area contributed by atoms with E-state index in [-0.39, 0.29) is 13.2 Å². The van der Waals surface area contributed by atoms with Crippen LogP contribution < -0.4 is 4.74 Å². The van der Waals surface area contributed by atoms with E-state index >= 15 is 0 Å². The van der Waals surface area contributed by atoms with Gasteiger partial charge in [0.05, 0.1) is 30.9 Å². The average molecular weight is 469 g/mol. The number of hydrogen-bond donors (Lipinski definition) is 0. The molecule has 2 aliphatic heterocycles. The van der Waals surface area contributed by atoms with Gasteiger partial charge in [-0.15, -0.1) is 0 Å². The van der Waals surface area contributed by atoms with E-state index in [1.54, 1.807) is 36.4 Å². The zero-order valence-corrected chi connectivity index (χ0v) is 19.7. The predicted molar refractivity (Wildman–Crippen MR) is 125 cm³/mol. The second kappa shape index (κ2) is 11.5. The highest BCUT2D eigenvalue weighted by Crippen LogP contribution is 2.31. The van der Waals surface area contributed by atoms with Crippen molar-refractivity contribution >= 4 is 11.9 Å². The van der Waals surface area contributed by atoms with E-state index < -0.39 is 36.4 Å². The van der Waals surface area contributed by atoms with Crippen molar-refractivity contribution < 1.29 is 33.3 Å². The predicted octanol–water partition coefficient (Wildman–Crippen LogP) is 4.50. The molecule has 4 rings (SSSR count). The van der Waals surface area contributed by atoms with Gasteiger partial charge in [0.25, 0.3) is 0 Å². The minimum atomic E-state index is -0.560. The molecule has 7 heteroatoms. The highest BCUT2D eigenvalue weighted by atomic mass is 16.7. The molecule has 2 heterocycles. The molecule has 0 N–H and O–H groups in total. The van der Waals surface area contributed by atoms with Crippen LogP contribution in [0.15, 0.2) is 48.5 Å². The van der Waals surface area contributed by atoms with Gasteiger partial charge in [-0.1, -0.05) is 43.9 Å². The molecule has 0 bridgehead atoms. The number of rotatable bonds is 10. The van der Waals surface area contributed by atoms with E-state index in [0.717, 1.165) is 24.2 Å². The summed E-state index contributed by atoms with van der Waals surface area (Å²) >= 11 is 0. The van der Waals surface area contributed by atoms with Gasteiger partial charge in [-0.05, 0) is 49.7 Å². The first kappa shape index (κ1) is 24.2. The summed E-state index contributed by atoms with van der Waals surface area (Å²) < 4.78 is 28.6. The van der Waals surface area contributed by atoms with Gasteiger partial charge in [0.2, 0.25) is 0 Å². The fraction of sp³-hybridized carbons (Fsp3) is 0.481. The maximum Gasteiger partial charge on any atom is 0.338 e. The lowest BCUT2D eigenvalue weighted by atomic mass is 10.1. The average Bonchev–Trinajstić information content (AvgIpc) is 3.43. The van der Waals surface area contributed by atoms with E-state index in [4.69, 9.17) is 23.7 Å². The second-order valence-electron chi connectivity index (χ2n) is 8.78. The van der Waals surface area contributed by atoms with Gasteiger partial charge in [0.1, 0.15) is 18.0 Å². The van der Waals surface area contributed by atoms with Crippen LogP contribution in [-0.2, 0) is 18.9 Å². The Hall–Kier alpha value is -2.90. The monoisotopic (exact) mass is 468 g/mol. The number of aryl methyl sites for hydroxylation is 1. The third-order valence-corrected chi connectivity index (χ3v) is 6.12. The zero-order chi connectivity index (χ0) is 23.9. The van der Waals surface area contributed by atoms with Gasteiger partial charge < -0.3 is 23.7 Å². The number of ether oxygens (including phenoxy) is 5. The molecule has 0 aliphatic carbocycles. The van der Waals surface area contributed by atoms with Crippen LogP contribution >= 0.6 is 0 Å². The summed E-state index contributed by atoms with van der Waals surface area (Å²) in [7, 11) is 0. The molecule has 0 saturated carbocycles. The van der Waals surface area contributed by atoms with Crippen molar-refractivity contribution in [2.24, 2.45) is 0 Å². The lowest BCUT2D eigenvalue weighted by Gasteiger charge is -2.17. The van der Waals surface area contributed by atoms with Crippen molar-refractivity contribution in [1.82, 2.24) is 0 Å². The minimum Gasteiger partial charge on any atom is -0.494 e. The van der Waals surface area contributed by atoms with Crippen LogP contribution in [0.4, 0.5) is 0 Å². The van der Waals surface area contributed by atoms with Gasteiger partial charge in [0.15, 0.2) is 12.2 Å². The van der Waals surface area contributed by atoms with Crippen LogP contribution in [0.5, 0.6) is 5.75 Å². The molecule has 2 aromatic carbocycles. The number of fused-ring (bicyclic) bond motifs is 1. The molecular formula is C27H32O7. The van der Waals surface area contributed by atoms with Crippen LogP contribution in [0.2, 0.25) is 0 Å². The van der Waals surface area contributed by atoms with Crippen LogP contribution in [0.1, 0.15) is 58.9 Å². The maximum atomic E-state index is 12.6. The standard InChI is InChI=1S/C27H32O7/c1-3-4-5-6-15-30-21-13-11-20(12-14-21)27(29)34-23-17-32-24-22(16-31-25(23)24)33-26(28)19-9-7-18(2)8-10-19/h7-14,22-25H,3-6,15-17H2,1-2H3/t22-,23+,24+,25+/m0/s1. The number of hydrogen-bond acceptors (Lipinski definition) is 7. The molecule has 182 valence electrons. The Balaban J connectivity index is 1.25. The molecule has 2 aliphatic rings. The number of carbonyl (C=O) groups excluding carboxylic acids is 2. The van der Waals surface area contributed by atoms with Crippen LogP contribution in [0, 0.1) is 6.92 Å². The molecule has 2 aromatic rings. The highest BCUT2D eigenvalue weighted by Gasteiger charge is 2.51. The molecule has 2 fully saturated rings. The Bertz CT molecular complexity index is 954. The van der Waals surface area contributed by atoms with Crippen molar-refractivity contribution in [2.75, 3.05) is 19.8 Å². The largest absolute Gasteiger partial charge is 0.494 e. The molecular weight excluding hydrogens is 436 g/mol. The number of esters is 2. The maximum absolute atomic E-state index is 12.6. The van der Waals surface area contributed by atoms with Crippen LogP contribution in [0.25, 0.3) is 0 Å². The number of carbonyl (C=O) groups is 2. The molecule has 0 unspecified atom stereocenters. The summed E-state index contributed by atoms with van der Waals surface area (Å²) in [6.07, 6.45) is 2.53. The Morgan fingerprint density at radius 2 is 1.32 bits per heavy atom. The zero-order valence-electron chi connectivity index (χ0n) is 19.7. The van der Waals surface area contributed by atoms with E-state index in [0.29, 0.717) is 17.7 Å². The molecule has 0 radical (unpaired) electrons. The summed E-state index contributed by atoms with van der Waals surface area (Å²) in [4.78, 5) is 25.1. The molecule has 2 saturated heterocycles. The summed E-state index contributed by atoms with van der Waals surface area (Å²) in [6, 6.07) is 14.1. The van der Waals surface area contributed by atoms with Gasteiger partial charge in [-0.25, -0.2) is 9.59 Å². The van der Waals surface area contributed by atoms with Gasteiger partial charge >= 0.3 is 11.9 Å². The van der Waals surface area contributed by atoms with Crippen molar-refractivity contribution in [3.05, 3.63) is 65.2 Å². The SMILES string of the molecule is CCCCCCOc1ccc(C(=O)O[C@@H]2CO[C@H]3[C@@H]2OC[C@@H]3OC(=O)c2ccc(C)cc2)cc1. The molecule has 7 nitrogen and oxygen atoms in total. The summed E-state index contributed by atoms with van der Waals surface area (Å²) in [5.74, 6) is -0.145. The third-order valence-electron chi connectivity index (χ3n) is 6.12. The summed E-state index contributed by atoms with van der Waals surface area (Å²) in [6.45, 7) is 5.19. The van der Waals surface area contributed by atoms with Gasteiger partial charge in [-0.2, -0.15) is 0 Å². The van der Waals surface area contributed by atoms with E-state index in [1.165, 1.54) is 12.8 Å². The first-order valence-electron chi connectivity index (χ1n) is 12.0. The normalized spacial score (nSPS) is 23.4. The molecule has 4 atom stereocenters. The quantitative estimate of drug-likeness (QED) is 0.375. The molecule has 34 heavy (non-hydrogen) atoms. The smallest absolute Gasteiger partial charge is 0.338 e. The Morgan fingerprint density at radius 3 is 1.85 bits per heavy atom. The summed E-state index contributed by atoms with van der Waals surface area (Å²) in [5.41, 5.74) is 1.97. The summed E-state index contributed by atoms with van der Waals surface area (Å²) in [5, 5.41) is 0. The van der Waals surface area contributed by atoms with E-state index in [2.05, 4.69) is 6.92 Å². The van der Waals surface area contributed by atoms with Gasteiger partial charge in [0, 0.05) is 0 Å². The van der Waals surface area contributed by atoms with Crippen molar-refractivity contribution in [3.63, 3.8) is 0 Å². The Labute approximate surface area is 200 Å².